The molecule has 0 unspecified atom stereocenters. The van der Waals surface area contributed by atoms with E-state index in [0.717, 1.165) is 0 Å². The van der Waals surface area contributed by atoms with Crippen LogP contribution < -0.4 is 0 Å². The Morgan fingerprint density at radius 3 is 2.82 bits per heavy atom. The van der Waals surface area contributed by atoms with Crippen molar-refractivity contribution in [3.8, 4) is 0 Å². The molecule has 0 aliphatic carbocycles. The normalized spacial score (nSPS) is 10.5. The van der Waals surface area contributed by atoms with E-state index in [4.69, 9.17) is 0 Å². The second kappa shape index (κ2) is 3.37. The fourth-order valence-corrected chi connectivity index (χ4v) is 0.707. The minimum Gasteiger partial charge on any atom is -0.241 e. The lowest BCUT2D eigenvalue weighted by molar-refractivity contribution is 0.145. The fraction of sp³-hybridized carbons (Fsp3) is 0.429. The summed E-state index contributed by atoms with van der Waals surface area (Å²) in [6.45, 7) is 1.82. The second-order valence-electron chi connectivity index (χ2n) is 2.05. The van der Waals surface area contributed by atoms with Gasteiger partial charge in [0.25, 0.3) is 6.43 Å². The number of alkyl halides is 2. The maximum atomic E-state index is 12.0. The van der Waals surface area contributed by atoms with Gasteiger partial charge < -0.3 is 0 Å². The number of nitrogens with zero attached hydrogens (tertiary/aromatic N) is 2. The van der Waals surface area contributed by atoms with Crippen LogP contribution in [0.25, 0.3) is 0 Å². The molecule has 0 saturated carbocycles. The van der Waals surface area contributed by atoms with Crippen LogP contribution in [0, 0.1) is 0 Å². The molecule has 0 bridgehead atoms. The number of rotatable bonds is 2. The van der Waals surface area contributed by atoms with Gasteiger partial charge >= 0.3 is 0 Å². The lowest BCUT2D eigenvalue weighted by atomic mass is 10.4. The van der Waals surface area contributed by atoms with Crippen molar-refractivity contribution in [1.29, 1.82) is 0 Å². The van der Waals surface area contributed by atoms with Gasteiger partial charge in [0, 0.05) is 12.6 Å². The Morgan fingerprint density at radius 1 is 1.55 bits per heavy atom. The van der Waals surface area contributed by atoms with Gasteiger partial charge in [0.15, 0.2) is 0 Å². The summed E-state index contributed by atoms with van der Waals surface area (Å²) in [4.78, 5) is 7.43. The highest BCUT2D eigenvalue weighted by atomic mass is 19.3. The zero-order valence-corrected chi connectivity index (χ0v) is 6.09. The van der Waals surface area contributed by atoms with Crippen molar-refractivity contribution < 1.29 is 8.78 Å². The number of hydrogen-bond acceptors (Lipinski definition) is 2. The molecule has 0 aliphatic heterocycles. The van der Waals surface area contributed by atoms with Gasteiger partial charge in [0.05, 0.1) is 0 Å². The number of hydrogen-bond donors (Lipinski definition) is 0. The van der Waals surface area contributed by atoms with E-state index in [1.54, 1.807) is 0 Å². The van der Waals surface area contributed by atoms with Crippen molar-refractivity contribution in [3.63, 3.8) is 0 Å². The molecule has 0 aliphatic rings. The minimum atomic E-state index is -2.50. The van der Waals surface area contributed by atoms with E-state index < -0.39 is 6.43 Å². The molecule has 1 rings (SSSR count). The number of halogens is 2. The summed E-state index contributed by atoms with van der Waals surface area (Å²) in [5.41, 5.74) is -0.197. The maximum absolute atomic E-state index is 12.0. The number of aryl methyl sites for hydroxylation is 1. The molecule has 4 heteroatoms. The van der Waals surface area contributed by atoms with E-state index in [1.807, 2.05) is 6.92 Å². The molecule has 0 atom stereocenters. The summed E-state index contributed by atoms with van der Waals surface area (Å²) >= 11 is 0. The maximum Gasteiger partial charge on any atom is 0.280 e. The average molecular weight is 158 g/mol. The molecule has 60 valence electrons. The van der Waals surface area contributed by atoms with Crippen LogP contribution in [0.4, 0.5) is 8.78 Å². The average Bonchev–Trinajstić information content (AvgIpc) is 2.05. The Bertz CT molecular complexity index is 238. The highest BCUT2D eigenvalue weighted by Gasteiger charge is 2.08. The monoisotopic (exact) mass is 158 g/mol. The Hall–Kier alpha value is -1.06. The first-order chi connectivity index (χ1) is 5.24. The van der Waals surface area contributed by atoms with Crippen LogP contribution in [0.5, 0.6) is 0 Å². The predicted molar refractivity (Wildman–Crippen MR) is 36.4 cm³/mol. The van der Waals surface area contributed by atoms with E-state index >= 15 is 0 Å². The van der Waals surface area contributed by atoms with E-state index in [9.17, 15) is 8.78 Å². The molecule has 0 N–H and O–H groups in total. The van der Waals surface area contributed by atoms with Crippen LogP contribution in [-0.2, 0) is 6.42 Å². The smallest absolute Gasteiger partial charge is 0.241 e. The summed E-state index contributed by atoms with van der Waals surface area (Å²) in [5, 5.41) is 0. The van der Waals surface area contributed by atoms with Gasteiger partial charge in [-0.25, -0.2) is 18.7 Å². The van der Waals surface area contributed by atoms with E-state index in [-0.39, 0.29) is 5.69 Å². The molecule has 0 amide bonds. The van der Waals surface area contributed by atoms with Crippen LogP contribution in [-0.4, -0.2) is 9.97 Å². The van der Waals surface area contributed by atoms with Gasteiger partial charge in [0.2, 0.25) is 0 Å². The molecular formula is C7H8F2N2. The highest BCUT2D eigenvalue weighted by molar-refractivity contribution is 5.03. The third-order valence-corrected chi connectivity index (χ3v) is 1.27. The Balaban J connectivity index is 2.91. The number of aromatic nitrogens is 2. The van der Waals surface area contributed by atoms with E-state index in [1.165, 1.54) is 12.3 Å². The van der Waals surface area contributed by atoms with Crippen LogP contribution in [0.2, 0.25) is 0 Å². The highest BCUT2D eigenvalue weighted by Crippen LogP contribution is 2.14. The van der Waals surface area contributed by atoms with E-state index in [0.29, 0.717) is 12.2 Å². The van der Waals surface area contributed by atoms with Gasteiger partial charge in [0.1, 0.15) is 11.5 Å². The molecule has 0 radical (unpaired) electrons. The van der Waals surface area contributed by atoms with Gasteiger partial charge in [-0.3, -0.25) is 0 Å². The molecule has 0 aromatic carbocycles. The predicted octanol–water partition coefficient (Wildman–Crippen LogP) is 1.98. The van der Waals surface area contributed by atoms with Crippen molar-refractivity contribution in [2.75, 3.05) is 0 Å². The lowest BCUT2D eigenvalue weighted by Crippen LogP contribution is -1.97. The Labute approximate surface area is 63.3 Å². The molecule has 1 aromatic heterocycles. The summed E-state index contributed by atoms with van der Waals surface area (Å²) in [6.07, 6.45) is -0.559. The molecular weight excluding hydrogens is 150 g/mol. The molecule has 1 aromatic rings. The van der Waals surface area contributed by atoms with Gasteiger partial charge in [-0.05, 0) is 6.07 Å². The first-order valence-corrected chi connectivity index (χ1v) is 3.34. The van der Waals surface area contributed by atoms with Gasteiger partial charge in [-0.2, -0.15) is 0 Å². The molecule has 1 heterocycles. The van der Waals surface area contributed by atoms with E-state index in [2.05, 4.69) is 9.97 Å². The van der Waals surface area contributed by atoms with Crippen LogP contribution in [0.3, 0.4) is 0 Å². The third-order valence-electron chi connectivity index (χ3n) is 1.27. The van der Waals surface area contributed by atoms with Crippen molar-refractivity contribution in [3.05, 3.63) is 23.8 Å². The largest absolute Gasteiger partial charge is 0.280 e. The third kappa shape index (κ3) is 1.93. The zero-order chi connectivity index (χ0) is 8.27. The second-order valence-corrected chi connectivity index (χ2v) is 2.05. The van der Waals surface area contributed by atoms with Crippen molar-refractivity contribution >= 4 is 0 Å². The summed E-state index contributed by atoms with van der Waals surface area (Å²) < 4.78 is 24.0. The van der Waals surface area contributed by atoms with Crippen molar-refractivity contribution in [1.82, 2.24) is 9.97 Å². The molecule has 0 fully saturated rings. The quantitative estimate of drug-likeness (QED) is 0.657. The van der Waals surface area contributed by atoms with Crippen LogP contribution >= 0.6 is 0 Å². The molecule has 11 heavy (non-hydrogen) atoms. The first kappa shape index (κ1) is 8.04. The SMILES string of the molecule is CCc1nccc(C(F)F)n1. The summed E-state index contributed by atoms with van der Waals surface area (Å²) in [6, 6.07) is 1.23. The standard InChI is InChI=1S/C7H8F2N2/c1-2-6-10-4-3-5(11-6)7(8)9/h3-4,7H,2H2,1H3. The van der Waals surface area contributed by atoms with Crippen molar-refractivity contribution in [2.45, 2.75) is 19.8 Å². The zero-order valence-electron chi connectivity index (χ0n) is 6.09. The van der Waals surface area contributed by atoms with Crippen molar-refractivity contribution in [2.24, 2.45) is 0 Å². The Kier molecular flexibility index (Phi) is 2.46. The van der Waals surface area contributed by atoms with Gasteiger partial charge in [-0.1, -0.05) is 6.92 Å². The lowest BCUT2D eigenvalue weighted by Gasteiger charge is -1.98. The molecule has 0 spiro atoms. The minimum absolute atomic E-state index is 0.197. The Morgan fingerprint density at radius 2 is 2.27 bits per heavy atom. The first-order valence-electron chi connectivity index (χ1n) is 3.34. The summed E-state index contributed by atoms with van der Waals surface area (Å²) in [5.74, 6) is 0.461. The molecule has 0 saturated heterocycles. The van der Waals surface area contributed by atoms with Gasteiger partial charge in [-0.15, -0.1) is 0 Å². The molecule has 2 nitrogen and oxygen atoms in total. The van der Waals surface area contributed by atoms with Crippen LogP contribution in [0.1, 0.15) is 24.9 Å². The summed E-state index contributed by atoms with van der Waals surface area (Å²) in [7, 11) is 0. The van der Waals surface area contributed by atoms with Crippen LogP contribution in [0.15, 0.2) is 12.3 Å². The topological polar surface area (TPSA) is 25.8 Å². The fourth-order valence-electron chi connectivity index (χ4n) is 0.707.